The summed E-state index contributed by atoms with van der Waals surface area (Å²) in [5.41, 5.74) is 5.55. The van der Waals surface area contributed by atoms with Crippen molar-refractivity contribution in [2.45, 2.75) is 31.7 Å². The summed E-state index contributed by atoms with van der Waals surface area (Å²) >= 11 is 0. The molecule has 1 aromatic heterocycles. The van der Waals surface area contributed by atoms with Gasteiger partial charge in [-0.1, -0.05) is 5.16 Å². The molecule has 0 spiro atoms. The van der Waals surface area contributed by atoms with Crippen LogP contribution in [0, 0.1) is 0 Å². The lowest BCUT2D eigenvalue weighted by atomic mass is 10.3. The summed E-state index contributed by atoms with van der Waals surface area (Å²) in [7, 11) is 0. The number of halogens is 1. The van der Waals surface area contributed by atoms with Crippen LogP contribution in [0.1, 0.15) is 43.4 Å². The molecule has 12 heavy (non-hydrogen) atoms. The number of rotatable bonds is 2. The Morgan fingerprint density at radius 2 is 2.25 bits per heavy atom. The second kappa shape index (κ2) is 3.41. The van der Waals surface area contributed by atoms with Gasteiger partial charge in [0.05, 0.1) is 6.04 Å². The number of aromatic nitrogens is 2. The molecule has 0 aromatic carbocycles. The van der Waals surface area contributed by atoms with Crippen LogP contribution in [0.3, 0.4) is 0 Å². The van der Waals surface area contributed by atoms with Crippen LogP contribution in [-0.4, -0.2) is 10.1 Å². The van der Waals surface area contributed by atoms with Crippen molar-refractivity contribution < 1.29 is 4.52 Å². The standard InChI is InChI=1S/C7H11N3O.ClH/c1-4(8)7-9-6(10-11-7)5-2-3-5;/h4-5H,2-3,8H2,1H3;1H. The Bertz CT molecular complexity index is 240. The Balaban J connectivity index is 0.000000720. The summed E-state index contributed by atoms with van der Waals surface area (Å²) in [6.07, 6.45) is 2.38. The van der Waals surface area contributed by atoms with Gasteiger partial charge in [-0.15, -0.1) is 12.4 Å². The molecule has 2 N–H and O–H groups in total. The van der Waals surface area contributed by atoms with Crippen LogP contribution in [0.25, 0.3) is 0 Å². The minimum Gasteiger partial charge on any atom is -0.338 e. The molecule has 1 aromatic rings. The molecule has 0 saturated heterocycles. The SMILES string of the molecule is CC(N)c1nc(C2CC2)no1.Cl. The predicted octanol–water partition coefficient (Wildman–Crippen LogP) is 1.39. The molecular weight excluding hydrogens is 178 g/mol. The Labute approximate surface area is 76.9 Å². The van der Waals surface area contributed by atoms with E-state index in [1.54, 1.807) is 0 Å². The highest BCUT2D eigenvalue weighted by Crippen LogP contribution is 2.38. The highest BCUT2D eigenvalue weighted by Gasteiger charge is 2.29. The highest BCUT2D eigenvalue weighted by molar-refractivity contribution is 5.85. The quantitative estimate of drug-likeness (QED) is 0.764. The summed E-state index contributed by atoms with van der Waals surface area (Å²) in [5.74, 6) is 1.93. The molecule has 0 radical (unpaired) electrons. The third-order valence-corrected chi connectivity index (χ3v) is 1.79. The fraction of sp³-hybridized carbons (Fsp3) is 0.714. The highest BCUT2D eigenvalue weighted by atomic mass is 35.5. The number of nitrogens with two attached hydrogens (primary N) is 1. The van der Waals surface area contributed by atoms with Gasteiger partial charge in [-0.25, -0.2) is 0 Å². The molecule has 2 rings (SSSR count). The van der Waals surface area contributed by atoms with Gasteiger partial charge < -0.3 is 10.3 Å². The summed E-state index contributed by atoms with van der Waals surface area (Å²) in [6, 6.07) is -0.144. The number of hydrogen-bond acceptors (Lipinski definition) is 4. The van der Waals surface area contributed by atoms with Crippen molar-refractivity contribution in [1.82, 2.24) is 10.1 Å². The van der Waals surface area contributed by atoms with Crippen LogP contribution in [0.4, 0.5) is 0 Å². The monoisotopic (exact) mass is 189 g/mol. The van der Waals surface area contributed by atoms with Gasteiger partial charge in [0.2, 0.25) is 5.89 Å². The molecule has 1 aliphatic rings. The lowest BCUT2D eigenvalue weighted by Gasteiger charge is -1.92. The van der Waals surface area contributed by atoms with Crippen LogP contribution in [-0.2, 0) is 0 Å². The normalized spacial score (nSPS) is 18.5. The zero-order valence-electron chi connectivity index (χ0n) is 6.86. The first-order valence-corrected chi connectivity index (χ1v) is 3.86. The van der Waals surface area contributed by atoms with Crippen LogP contribution in [0.15, 0.2) is 4.52 Å². The lowest BCUT2D eigenvalue weighted by molar-refractivity contribution is 0.357. The Kier molecular flexibility index (Phi) is 2.69. The molecule has 0 aliphatic heterocycles. The molecular formula is C7H12ClN3O. The van der Waals surface area contributed by atoms with Gasteiger partial charge in [-0.05, 0) is 19.8 Å². The molecule has 1 heterocycles. The van der Waals surface area contributed by atoms with Crippen molar-refractivity contribution in [1.29, 1.82) is 0 Å². The third kappa shape index (κ3) is 1.76. The summed E-state index contributed by atoms with van der Waals surface area (Å²) in [5, 5.41) is 3.83. The second-order valence-electron chi connectivity index (χ2n) is 3.05. The number of hydrogen-bond donors (Lipinski definition) is 1. The van der Waals surface area contributed by atoms with Crippen molar-refractivity contribution in [3.8, 4) is 0 Å². The summed E-state index contributed by atoms with van der Waals surface area (Å²) < 4.78 is 4.94. The van der Waals surface area contributed by atoms with E-state index < -0.39 is 0 Å². The van der Waals surface area contributed by atoms with E-state index >= 15 is 0 Å². The van der Waals surface area contributed by atoms with E-state index in [-0.39, 0.29) is 18.4 Å². The zero-order chi connectivity index (χ0) is 7.84. The number of nitrogens with zero attached hydrogens (tertiary/aromatic N) is 2. The Morgan fingerprint density at radius 3 is 2.67 bits per heavy atom. The van der Waals surface area contributed by atoms with Gasteiger partial charge in [0, 0.05) is 5.92 Å². The van der Waals surface area contributed by atoms with Crippen LogP contribution >= 0.6 is 12.4 Å². The zero-order valence-corrected chi connectivity index (χ0v) is 7.67. The molecule has 4 nitrogen and oxygen atoms in total. The van der Waals surface area contributed by atoms with Crippen molar-refractivity contribution in [3.05, 3.63) is 11.7 Å². The molecule has 1 unspecified atom stereocenters. The van der Waals surface area contributed by atoms with E-state index in [9.17, 15) is 0 Å². The van der Waals surface area contributed by atoms with Crippen LogP contribution in [0.5, 0.6) is 0 Å². The summed E-state index contributed by atoms with van der Waals surface area (Å²) in [6.45, 7) is 1.84. The van der Waals surface area contributed by atoms with E-state index in [1.165, 1.54) is 12.8 Å². The molecule has 1 atom stereocenters. The minimum atomic E-state index is -0.144. The third-order valence-electron chi connectivity index (χ3n) is 1.79. The fourth-order valence-corrected chi connectivity index (χ4v) is 0.940. The molecule has 68 valence electrons. The maximum atomic E-state index is 5.55. The van der Waals surface area contributed by atoms with Crippen LogP contribution < -0.4 is 5.73 Å². The minimum absolute atomic E-state index is 0. The van der Waals surface area contributed by atoms with E-state index in [1.807, 2.05) is 6.92 Å². The molecule has 1 aliphatic carbocycles. The fourth-order valence-electron chi connectivity index (χ4n) is 0.940. The first-order valence-electron chi connectivity index (χ1n) is 3.86. The van der Waals surface area contributed by atoms with E-state index in [4.69, 9.17) is 10.3 Å². The maximum Gasteiger partial charge on any atom is 0.243 e. The Hall–Kier alpha value is -0.610. The van der Waals surface area contributed by atoms with Crippen LogP contribution in [0.2, 0.25) is 0 Å². The largest absolute Gasteiger partial charge is 0.338 e. The average Bonchev–Trinajstić information content (AvgIpc) is 2.68. The smallest absolute Gasteiger partial charge is 0.243 e. The van der Waals surface area contributed by atoms with Gasteiger partial charge >= 0.3 is 0 Å². The molecule has 5 heteroatoms. The Morgan fingerprint density at radius 1 is 1.58 bits per heavy atom. The molecule has 1 saturated carbocycles. The second-order valence-corrected chi connectivity index (χ2v) is 3.05. The van der Waals surface area contributed by atoms with E-state index in [0.717, 1.165) is 5.82 Å². The molecule has 1 fully saturated rings. The first-order chi connectivity index (χ1) is 5.27. The van der Waals surface area contributed by atoms with Gasteiger partial charge in [0.1, 0.15) is 0 Å². The topological polar surface area (TPSA) is 64.9 Å². The molecule has 0 amide bonds. The van der Waals surface area contributed by atoms with E-state index in [2.05, 4.69) is 10.1 Å². The van der Waals surface area contributed by atoms with Gasteiger partial charge in [-0.2, -0.15) is 4.98 Å². The lowest BCUT2D eigenvalue weighted by Crippen LogP contribution is -2.05. The van der Waals surface area contributed by atoms with Gasteiger partial charge in [0.25, 0.3) is 0 Å². The van der Waals surface area contributed by atoms with Crippen molar-refractivity contribution in [2.24, 2.45) is 5.73 Å². The van der Waals surface area contributed by atoms with Crippen molar-refractivity contribution in [2.75, 3.05) is 0 Å². The predicted molar refractivity (Wildman–Crippen MR) is 46.1 cm³/mol. The van der Waals surface area contributed by atoms with Gasteiger partial charge in [-0.3, -0.25) is 0 Å². The first kappa shape index (κ1) is 9.48. The van der Waals surface area contributed by atoms with Crippen molar-refractivity contribution in [3.63, 3.8) is 0 Å². The summed E-state index contributed by atoms with van der Waals surface area (Å²) in [4.78, 5) is 4.17. The van der Waals surface area contributed by atoms with Crippen molar-refractivity contribution >= 4 is 12.4 Å². The molecule has 0 bridgehead atoms. The van der Waals surface area contributed by atoms with Gasteiger partial charge in [0.15, 0.2) is 5.82 Å². The maximum absolute atomic E-state index is 5.55. The van der Waals surface area contributed by atoms with E-state index in [0.29, 0.717) is 11.8 Å². The average molecular weight is 190 g/mol.